The lowest BCUT2D eigenvalue weighted by molar-refractivity contribution is 0.475. The first-order chi connectivity index (χ1) is 8.38. The summed E-state index contributed by atoms with van der Waals surface area (Å²) in [5.74, 6) is 0. The van der Waals surface area contributed by atoms with Gasteiger partial charge in [-0.2, -0.15) is 0 Å². The zero-order valence-corrected chi connectivity index (χ0v) is 13.2. The Morgan fingerprint density at radius 3 is 2.61 bits per heavy atom. The van der Waals surface area contributed by atoms with Gasteiger partial charge in [-0.3, -0.25) is 0 Å². The third-order valence-corrected chi connectivity index (χ3v) is 5.91. The first kappa shape index (κ1) is 14.3. The molecule has 1 fully saturated rings. The molecule has 0 aliphatic heterocycles. The van der Waals surface area contributed by atoms with Crippen molar-refractivity contribution >= 4 is 37.6 Å². The van der Waals surface area contributed by atoms with Crippen molar-refractivity contribution in [2.24, 2.45) is 5.41 Å². The number of rotatable bonds is 5. The van der Waals surface area contributed by atoms with Gasteiger partial charge in [0.05, 0.1) is 5.02 Å². The Labute approximate surface area is 121 Å². The van der Waals surface area contributed by atoms with Crippen LogP contribution in [0.25, 0.3) is 0 Å². The van der Waals surface area contributed by atoms with E-state index in [0.29, 0.717) is 6.54 Å². The van der Waals surface area contributed by atoms with Crippen LogP contribution in [-0.4, -0.2) is 15.0 Å². The van der Waals surface area contributed by atoms with E-state index in [-0.39, 0.29) is 15.3 Å². The summed E-state index contributed by atoms with van der Waals surface area (Å²) in [4.78, 5) is 0.138. The molecule has 0 saturated heterocycles. The molecule has 1 aliphatic rings. The molecule has 1 aromatic carbocycles. The standard InChI is InChI=1S/C12H15BrClNO2S/c1-2-12(5-6-12)8-15-18(16,17)11-4-3-9(13)7-10(11)14/h3-4,7,15H,2,5-6,8H2,1H3. The summed E-state index contributed by atoms with van der Waals surface area (Å²) >= 11 is 9.22. The Bertz CT molecular complexity index is 555. The molecular weight excluding hydrogens is 338 g/mol. The van der Waals surface area contributed by atoms with E-state index >= 15 is 0 Å². The van der Waals surface area contributed by atoms with Gasteiger partial charge in [0.2, 0.25) is 10.0 Å². The first-order valence-electron chi connectivity index (χ1n) is 5.83. The van der Waals surface area contributed by atoms with Crippen LogP contribution in [0.1, 0.15) is 26.2 Å². The van der Waals surface area contributed by atoms with Gasteiger partial charge in [-0.05, 0) is 42.9 Å². The molecule has 0 amide bonds. The van der Waals surface area contributed by atoms with Crippen LogP contribution in [-0.2, 0) is 10.0 Å². The van der Waals surface area contributed by atoms with Crippen LogP contribution in [0, 0.1) is 5.41 Å². The van der Waals surface area contributed by atoms with Gasteiger partial charge < -0.3 is 0 Å². The maximum absolute atomic E-state index is 12.1. The quantitative estimate of drug-likeness (QED) is 0.880. The van der Waals surface area contributed by atoms with Gasteiger partial charge in [0.15, 0.2) is 0 Å². The Balaban J connectivity index is 2.15. The number of hydrogen-bond acceptors (Lipinski definition) is 2. The van der Waals surface area contributed by atoms with Crippen LogP contribution in [0.2, 0.25) is 5.02 Å². The molecule has 1 aromatic rings. The second-order valence-corrected chi connectivity index (χ2v) is 7.81. The van der Waals surface area contributed by atoms with Crippen LogP contribution in [0.3, 0.4) is 0 Å². The van der Waals surface area contributed by atoms with Crippen molar-refractivity contribution in [3.63, 3.8) is 0 Å². The second kappa shape index (κ2) is 5.12. The van der Waals surface area contributed by atoms with Crippen LogP contribution in [0.4, 0.5) is 0 Å². The molecule has 0 atom stereocenters. The van der Waals surface area contributed by atoms with Crippen molar-refractivity contribution in [2.75, 3.05) is 6.54 Å². The minimum absolute atomic E-state index is 0.138. The van der Waals surface area contributed by atoms with Gasteiger partial charge in [0, 0.05) is 11.0 Å². The lowest BCUT2D eigenvalue weighted by Crippen LogP contribution is -2.30. The first-order valence-corrected chi connectivity index (χ1v) is 8.49. The molecule has 0 unspecified atom stereocenters. The summed E-state index contributed by atoms with van der Waals surface area (Å²) in [7, 11) is -3.51. The molecule has 18 heavy (non-hydrogen) atoms. The molecule has 0 heterocycles. The lowest BCUT2D eigenvalue weighted by Gasteiger charge is -2.14. The Kier molecular flexibility index (Phi) is 4.07. The van der Waals surface area contributed by atoms with Crippen LogP contribution < -0.4 is 4.72 Å². The third kappa shape index (κ3) is 3.07. The largest absolute Gasteiger partial charge is 0.242 e. The average molecular weight is 353 g/mol. The van der Waals surface area contributed by atoms with E-state index in [1.807, 2.05) is 0 Å². The van der Waals surface area contributed by atoms with Crippen LogP contribution >= 0.6 is 27.5 Å². The van der Waals surface area contributed by atoms with Crippen molar-refractivity contribution in [1.29, 1.82) is 0 Å². The monoisotopic (exact) mass is 351 g/mol. The number of nitrogens with one attached hydrogen (secondary N) is 1. The molecule has 0 radical (unpaired) electrons. The van der Waals surface area contributed by atoms with Gasteiger partial charge in [0.25, 0.3) is 0 Å². The summed E-state index contributed by atoms with van der Waals surface area (Å²) in [6, 6.07) is 4.77. The average Bonchev–Trinajstić information content (AvgIpc) is 3.07. The van der Waals surface area contributed by atoms with Gasteiger partial charge in [-0.1, -0.05) is 34.5 Å². The van der Waals surface area contributed by atoms with Gasteiger partial charge in [-0.15, -0.1) is 0 Å². The predicted molar refractivity (Wildman–Crippen MR) is 76.3 cm³/mol. The van der Waals surface area contributed by atoms with Crippen LogP contribution in [0.5, 0.6) is 0 Å². The molecule has 2 rings (SSSR count). The fourth-order valence-electron chi connectivity index (χ4n) is 1.85. The summed E-state index contributed by atoms with van der Waals surface area (Å²) in [5, 5.41) is 0.234. The minimum atomic E-state index is -3.51. The van der Waals surface area contributed by atoms with Crippen molar-refractivity contribution in [3.8, 4) is 0 Å². The van der Waals surface area contributed by atoms with Crippen LogP contribution in [0.15, 0.2) is 27.6 Å². The smallest absolute Gasteiger partial charge is 0.211 e. The van der Waals surface area contributed by atoms with Gasteiger partial charge in [-0.25, -0.2) is 13.1 Å². The molecule has 0 spiro atoms. The van der Waals surface area contributed by atoms with Crippen molar-refractivity contribution < 1.29 is 8.42 Å². The topological polar surface area (TPSA) is 46.2 Å². The fourth-order valence-corrected chi connectivity index (χ4v) is 4.04. The maximum Gasteiger partial charge on any atom is 0.242 e. The Morgan fingerprint density at radius 1 is 1.44 bits per heavy atom. The summed E-state index contributed by atoms with van der Waals surface area (Å²) in [5.41, 5.74) is 0.176. The van der Waals surface area contributed by atoms with E-state index in [1.54, 1.807) is 12.1 Å². The highest BCUT2D eigenvalue weighted by Crippen LogP contribution is 2.48. The maximum atomic E-state index is 12.1. The highest BCUT2D eigenvalue weighted by atomic mass is 79.9. The second-order valence-electron chi connectivity index (χ2n) is 4.75. The number of halogens is 2. The molecule has 0 bridgehead atoms. The molecule has 3 nitrogen and oxygen atoms in total. The fraction of sp³-hybridized carbons (Fsp3) is 0.500. The summed E-state index contributed by atoms with van der Waals surface area (Å²) in [6.45, 7) is 2.59. The molecule has 6 heteroatoms. The summed E-state index contributed by atoms with van der Waals surface area (Å²) in [6.07, 6.45) is 3.20. The third-order valence-electron chi connectivity index (χ3n) is 3.53. The molecule has 100 valence electrons. The zero-order valence-electron chi connectivity index (χ0n) is 10.0. The van der Waals surface area contributed by atoms with E-state index in [4.69, 9.17) is 11.6 Å². The van der Waals surface area contributed by atoms with E-state index in [9.17, 15) is 8.42 Å². The number of hydrogen-bond donors (Lipinski definition) is 1. The van der Waals surface area contributed by atoms with Gasteiger partial charge >= 0.3 is 0 Å². The molecule has 1 saturated carbocycles. The number of benzene rings is 1. The SMILES string of the molecule is CCC1(CNS(=O)(=O)c2ccc(Br)cc2Cl)CC1. The molecule has 0 aromatic heterocycles. The van der Waals surface area contributed by atoms with E-state index in [1.165, 1.54) is 6.07 Å². The van der Waals surface area contributed by atoms with Crippen molar-refractivity contribution in [1.82, 2.24) is 4.72 Å². The van der Waals surface area contributed by atoms with E-state index in [0.717, 1.165) is 23.7 Å². The normalized spacial score (nSPS) is 17.7. The number of sulfonamides is 1. The lowest BCUT2D eigenvalue weighted by atomic mass is 10.1. The Morgan fingerprint density at radius 2 is 2.11 bits per heavy atom. The Hall–Kier alpha value is -0.100. The molecule has 1 aliphatic carbocycles. The zero-order chi connectivity index (χ0) is 13.4. The van der Waals surface area contributed by atoms with Crippen molar-refractivity contribution in [3.05, 3.63) is 27.7 Å². The van der Waals surface area contributed by atoms with E-state index in [2.05, 4.69) is 27.6 Å². The van der Waals surface area contributed by atoms with E-state index < -0.39 is 10.0 Å². The predicted octanol–water partition coefficient (Wildman–Crippen LogP) is 3.57. The van der Waals surface area contributed by atoms with Crippen molar-refractivity contribution in [2.45, 2.75) is 31.1 Å². The highest BCUT2D eigenvalue weighted by molar-refractivity contribution is 9.10. The summed E-state index contributed by atoms with van der Waals surface area (Å²) < 4.78 is 27.7. The molecular formula is C12H15BrClNO2S. The van der Waals surface area contributed by atoms with Gasteiger partial charge in [0.1, 0.15) is 4.90 Å². The highest BCUT2D eigenvalue weighted by Gasteiger charge is 2.41. The minimum Gasteiger partial charge on any atom is -0.211 e. The molecule has 1 N–H and O–H groups in total.